The van der Waals surface area contributed by atoms with Crippen LogP contribution in [0.3, 0.4) is 0 Å². The van der Waals surface area contributed by atoms with E-state index in [9.17, 15) is 14.4 Å². The maximum absolute atomic E-state index is 11.7. The summed E-state index contributed by atoms with van der Waals surface area (Å²) in [6.45, 7) is 1.99. The van der Waals surface area contributed by atoms with E-state index in [0.29, 0.717) is 25.1 Å². The van der Waals surface area contributed by atoms with Gasteiger partial charge in [0.2, 0.25) is 11.5 Å². The van der Waals surface area contributed by atoms with Crippen molar-refractivity contribution >= 4 is 11.8 Å². The Balaban J connectivity index is 1.72. The Morgan fingerprint density at radius 2 is 2.26 bits per heavy atom. The number of hydrogen-bond acceptors (Lipinski definition) is 3. The van der Waals surface area contributed by atoms with Crippen molar-refractivity contribution in [1.29, 1.82) is 0 Å². The fraction of sp³-hybridized carbons (Fsp3) is 0.462. The highest BCUT2D eigenvalue weighted by Gasteiger charge is 2.19. The van der Waals surface area contributed by atoms with E-state index >= 15 is 0 Å². The number of pyridine rings is 1. The SMILES string of the molecule is O=C(NCCCN1CCCC1=O)c1cc[nH]c(=O)c1. The lowest BCUT2D eigenvalue weighted by Crippen LogP contribution is -2.31. The van der Waals surface area contributed by atoms with E-state index in [2.05, 4.69) is 10.3 Å². The molecule has 1 aliphatic heterocycles. The Labute approximate surface area is 110 Å². The molecule has 0 spiro atoms. The van der Waals surface area contributed by atoms with Crippen molar-refractivity contribution in [3.63, 3.8) is 0 Å². The first-order valence-corrected chi connectivity index (χ1v) is 6.41. The lowest BCUT2D eigenvalue weighted by molar-refractivity contribution is -0.127. The minimum atomic E-state index is -0.296. The molecule has 0 aliphatic carbocycles. The third kappa shape index (κ3) is 3.67. The monoisotopic (exact) mass is 263 g/mol. The van der Waals surface area contributed by atoms with E-state index in [-0.39, 0.29) is 17.4 Å². The number of aromatic amines is 1. The smallest absolute Gasteiger partial charge is 0.251 e. The van der Waals surface area contributed by atoms with Crippen molar-refractivity contribution in [2.75, 3.05) is 19.6 Å². The van der Waals surface area contributed by atoms with Gasteiger partial charge in [-0.05, 0) is 18.9 Å². The van der Waals surface area contributed by atoms with Crippen LogP contribution in [-0.4, -0.2) is 41.3 Å². The molecule has 2 rings (SSSR count). The first kappa shape index (κ1) is 13.3. The number of aromatic nitrogens is 1. The molecular weight excluding hydrogens is 246 g/mol. The molecule has 6 heteroatoms. The second-order valence-corrected chi connectivity index (χ2v) is 4.54. The molecule has 1 saturated heterocycles. The van der Waals surface area contributed by atoms with Crippen LogP contribution in [0.5, 0.6) is 0 Å². The van der Waals surface area contributed by atoms with Gasteiger partial charge in [-0.1, -0.05) is 0 Å². The van der Waals surface area contributed by atoms with Gasteiger partial charge >= 0.3 is 0 Å². The summed E-state index contributed by atoms with van der Waals surface area (Å²) >= 11 is 0. The first-order chi connectivity index (χ1) is 9.16. The summed E-state index contributed by atoms with van der Waals surface area (Å²) in [5.74, 6) is -0.0697. The molecular formula is C13H17N3O3. The standard InChI is InChI=1S/C13H17N3O3/c17-11-9-10(4-6-14-11)13(19)15-5-2-8-16-7-1-3-12(16)18/h4,6,9H,1-3,5,7-8H2,(H,14,17)(H,15,19). The van der Waals surface area contributed by atoms with E-state index < -0.39 is 0 Å². The second-order valence-electron chi connectivity index (χ2n) is 4.54. The normalized spacial score (nSPS) is 14.7. The van der Waals surface area contributed by atoms with E-state index in [1.54, 1.807) is 6.07 Å². The highest BCUT2D eigenvalue weighted by Crippen LogP contribution is 2.09. The van der Waals surface area contributed by atoms with Gasteiger partial charge in [-0.15, -0.1) is 0 Å². The van der Waals surface area contributed by atoms with Crippen molar-refractivity contribution in [3.05, 3.63) is 34.2 Å². The predicted octanol–water partition coefficient (Wildman–Crippen LogP) is 0.117. The molecule has 2 heterocycles. The fourth-order valence-corrected chi connectivity index (χ4v) is 2.10. The molecule has 1 fully saturated rings. The van der Waals surface area contributed by atoms with Crippen LogP contribution in [0.15, 0.2) is 23.1 Å². The minimum Gasteiger partial charge on any atom is -0.352 e. The van der Waals surface area contributed by atoms with Crippen LogP contribution in [0.4, 0.5) is 0 Å². The molecule has 1 aromatic heterocycles. The van der Waals surface area contributed by atoms with Gasteiger partial charge in [0.05, 0.1) is 0 Å². The Bertz CT molecular complexity index is 524. The molecule has 2 N–H and O–H groups in total. The number of nitrogens with one attached hydrogen (secondary N) is 2. The molecule has 2 amide bonds. The van der Waals surface area contributed by atoms with Crippen molar-refractivity contribution in [3.8, 4) is 0 Å². The summed E-state index contributed by atoms with van der Waals surface area (Å²) in [7, 11) is 0. The van der Waals surface area contributed by atoms with Crippen LogP contribution >= 0.6 is 0 Å². The van der Waals surface area contributed by atoms with Gasteiger partial charge < -0.3 is 15.2 Å². The molecule has 6 nitrogen and oxygen atoms in total. The summed E-state index contributed by atoms with van der Waals surface area (Å²) < 4.78 is 0. The summed E-state index contributed by atoms with van der Waals surface area (Å²) in [4.78, 5) is 38.4. The van der Waals surface area contributed by atoms with Gasteiger partial charge in [0.1, 0.15) is 0 Å². The highest BCUT2D eigenvalue weighted by atomic mass is 16.2. The van der Waals surface area contributed by atoms with E-state index in [0.717, 1.165) is 19.4 Å². The van der Waals surface area contributed by atoms with Gasteiger partial charge in [0.15, 0.2) is 0 Å². The maximum atomic E-state index is 11.7. The van der Waals surface area contributed by atoms with E-state index in [4.69, 9.17) is 0 Å². The van der Waals surface area contributed by atoms with Gasteiger partial charge in [-0.3, -0.25) is 14.4 Å². The Hall–Kier alpha value is -2.11. The zero-order valence-electron chi connectivity index (χ0n) is 10.6. The number of nitrogens with zero attached hydrogens (tertiary/aromatic N) is 1. The van der Waals surface area contributed by atoms with Gasteiger partial charge in [-0.25, -0.2) is 0 Å². The number of H-pyrrole nitrogens is 1. The summed E-state index contributed by atoms with van der Waals surface area (Å²) in [6.07, 6.45) is 3.73. The van der Waals surface area contributed by atoms with Crippen LogP contribution in [-0.2, 0) is 4.79 Å². The average Bonchev–Trinajstić information content (AvgIpc) is 2.80. The molecule has 0 unspecified atom stereocenters. The largest absolute Gasteiger partial charge is 0.352 e. The van der Waals surface area contributed by atoms with Crippen LogP contribution in [0.25, 0.3) is 0 Å². The summed E-state index contributed by atoms with van der Waals surface area (Å²) in [5.41, 5.74) is 0.0521. The highest BCUT2D eigenvalue weighted by molar-refractivity contribution is 5.93. The fourth-order valence-electron chi connectivity index (χ4n) is 2.10. The van der Waals surface area contributed by atoms with Crippen molar-refractivity contribution in [1.82, 2.24) is 15.2 Å². The number of carbonyl (C=O) groups excluding carboxylic acids is 2. The number of rotatable bonds is 5. The molecule has 0 atom stereocenters. The van der Waals surface area contributed by atoms with Crippen LogP contribution in [0.1, 0.15) is 29.6 Å². The van der Waals surface area contributed by atoms with E-state index in [1.165, 1.54) is 12.3 Å². The van der Waals surface area contributed by atoms with Gasteiger partial charge in [0.25, 0.3) is 5.91 Å². The molecule has 102 valence electrons. The Kier molecular flexibility index (Phi) is 4.33. The van der Waals surface area contributed by atoms with Crippen molar-refractivity contribution in [2.45, 2.75) is 19.3 Å². The number of carbonyl (C=O) groups is 2. The topological polar surface area (TPSA) is 82.3 Å². The summed E-state index contributed by atoms with van der Waals surface area (Å²) in [5, 5.41) is 2.74. The maximum Gasteiger partial charge on any atom is 0.251 e. The van der Waals surface area contributed by atoms with Gasteiger partial charge in [0, 0.05) is 43.9 Å². The molecule has 0 saturated carbocycles. The lowest BCUT2D eigenvalue weighted by atomic mass is 10.2. The average molecular weight is 263 g/mol. The second kappa shape index (κ2) is 6.17. The zero-order chi connectivity index (χ0) is 13.7. The third-order valence-corrected chi connectivity index (χ3v) is 3.10. The molecule has 0 aromatic carbocycles. The minimum absolute atomic E-state index is 0.195. The molecule has 0 bridgehead atoms. The number of hydrogen-bond donors (Lipinski definition) is 2. The summed E-state index contributed by atoms with van der Waals surface area (Å²) in [6, 6.07) is 2.82. The molecule has 19 heavy (non-hydrogen) atoms. The predicted molar refractivity (Wildman–Crippen MR) is 69.8 cm³/mol. The quantitative estimate of drug-likeness (QED) is 0.740. The van der Waals surface area contributed by atoms with Crippen molar-refractivity contribution in [2.24, 2.45) is 0 Å². The zero-order valence-corrected chi connectivity index (χ0v) is 10.6. The molecule has 1 aromatic rings. The first-order valence-electron chi connectivity index (χ1n) is 6.41. The number of likely N-dealkylation sites (tertiary alicyclic amines) is 1. The van der Waals surface area contributed by atoms with Crippen LogP contribution < -0.4 is 10.9 Å². The lowest BCUT2D eigenvalue weighted by Gasteiger charge is -2.15. The van der Waals surface area contributed by atoms with Gasteiger partial charge in [-0.2, -0.15) is 0 Å². The number of amides is 2. The van der Waals surface area contributed by atoms with Crippen molar-refractivity contribution < 1.29 is 9.59 Å². The van der Waals surface area contributed by atoms with Crippen LogP contribution in [0, 0.1) is 0 Å². The molecule has 1 aliphatic rings. The Morgan fingerprint density at radius 1 is 1.42 bits per heavy atom. The molecule has 0 radical (unpaired) electrons. The third-order valence-electron chi connectivity index (χ3n) is 3.10. The van der Waals surface area contributed by atoms with E-state index in [1.807, 2.05) is 4.90 Å². The van der Waals surface area contributed by atoms with Crippen LogP contribution in [0.2, 0.25) is 0 Å². The Morgan fingerprint density at radius 3 is 2.95 bits per heavy atom.